The lowest BCUT2D eigenvalue weighted by molar-refractivity contribution is -0.239. The van der Waals surface area contributed by atoms with E-state index in [1.807, 2.05) is 0 Å². The minimum Gasteiger partial charge on any atom is -0.280 e. The van der Waals surface area contributed by atoms with Crippen LogP contribution < -0.4 is 0 Å². The number of carbonyl (C=O) groups is 2. The van der Waals surface area contributed by atoms with Gasteiger partial charge in [0.2, 0.25) is 0 Å². The summed E-state index contributed by atoms with van der Waals surface area (Å²) in [4.78, 5) is 28.6. The van der Waals surface area contributed by atoms with Gasteiger partial charge in [-0.3, -0.25) is 9.78 Å². The molecule has 0 spiro atoms. The Labute approximate surface area is 72.5 Å². The van der Waals surface area contributed by atoms with Crippen LogP contribution in [0.1, 0.15) is 12.8 Å². The second-order valence-electron chi connectivity index (χ2n) is 1.96. The number of carbonyl (C=O) groups excluding carboxylic acids is 2. The van der Waals surface area contributed by atoms with Crippen molar-refractivity contribution in [1.82, 2.24) is 0 Å². The van der Waals surface area contributed by atoms with Crippen LogP contribution in [0.25, 0.3) is 0 Å². The average molecular weight is 212 g/mol. The van der Waals surface area contributed by atoms with E-state index in [2.05, 4.69) is 18.4 Å². The summed E-state index contributed by atoms with van der Waals surface area (Å²) >= 11 is 0. The Morgan fingerprint density at radius 3 is 1.69 bits per heavy atom. The molecule has 0 radical (unpaired) electrons. The molecule has 9 heteroatoms. The molecule has 0 aromatic carbocycles. The van der Waals surface area contributed by atoms with Gasteiger partial charge < -0.3 is 0 Å². The van der Waals surface area contributed by atoms with Crippen molar-refractivity contribution in [3.8, 4) is 0 Å². The van der Waals surface area contributed by atoms with E-state index in [4.69, 9.17) is 0 Å². The van der Waals surface area contributed by atoms with Gasteiger partial charge in [-0.1, -0.05) is 0 Å². The van der Waals surface area contributed by atoms with Gasteiger partial charge in [0.25, 0.3) is 0 Å². The van der Waals surface area contributed by atoms with E-state index in [0.717, 1.165) is 0 Å². The minimum absolute atomic E-state index is 0.349. The van der Waals surface area contributed by atoms with Gasteiger partial charge in [0.15, 0.2) is 0 Å². The third-order valence-electron chi connectivity index (χ3n) is 0.954. The summed E-state index contributed by atoms with van der Waals surface area (Å²) in [7, 11) is -4.62. The van der Waals surface area contributed by atoms with Gasteiger partial charge in [0, 0.05) is 0 Å². The molecule has 0 aromatic rings. The Kier molecular flexibility index (Phi) is 2.80. The van der Waals surface area contributed by atoms with E-state index in [1.165, 1.54) is 0 Å². The zero-order valence-electron chi connectivity index (χ0n) is 6.09. The van der Waals surface area contributed by atoms with Crippen LogP contribution in [0.3, 0.4) is 0 Å². The number of hydrogen-bond donors (Lipinski definition) is 0. The Balaban J connectivity index is 2.71. The molecule has 0 unspecified atom stereocenters. The molecule has 1 aliphatic heterocycles. The molecule has 0 atom stereocenters. The molecule has 1 aliphatic rings. The SMILES string of the molecule is O=C1CCC(=O)OOS(=O)(=O)OO1. The molecule has 0 amide bonds. The molecular formula is C4H4O8S. The summed E-state index contributed by atoms with van der Waals surface area (Å²) in [5.41, 5.74) is 0. The van der Waals surface area contributed by atoms with Gasteiger partial charge in [-0.05, 0) is 8.67 Å². The lowest BCUT2D eigenvalue weighted by Crippen LogP contribution is -2.12. The molecule has 13 heavy (non-hydrogen) atoms. The average Bonchev–Trinajstić information content (AvgIpc) is 2.11. The Morgan fingerprint density at radius 2 is 1.31 bits per heavy atom. The molecule has 1 heterocycles. The summed E-state index contributed by atoms with van der Waals surface area (Å²) < 4.78 is 28.0. The van der Waals surface area contributed by atoms with Crippen LogP contribution >= 0.6 is 0 Å². The molecule has 0 aliphatic carbocycles. The van der Waals surface area contributed by atoms with E-state index >= 15 is 0 Å². The van der Waals surface area contributed by atoms with E-state index in [0.29, 0.717) is 0 Å². The summed E-state index contributed by atoms with van der Waals surface area (Å²) in [6.45, 7) is 0. The van der Waals surface area contributed by atoms with Gasteiger partial charge in [-0.15, -0.1) is 0 Å². The van der Waals surface area contributed by atoms with Crippen LogP contribution in [-0.2, 0) is 38.4 Å². The van der Waals surface area contributed by atoms with Crippen molar-refractivity contribution in [1.29, 1.82) is 0 Å². The van der Waals surface area contributed by atoms with Crippen molar-refractivity contribution in [2.24, 2.45) is 0 Å². The maximum absolute atomic E-state index is 10.5. The fourth-order valence-corrected chi connectivity index (χ4v) is 0.799. The van der Waals surface area contributed by atoms with Crippen molar-refractivity contribution < 1.29 is 36.4 Å². The van der Waals surface area contributed by atoms with Gasteiger partial charge in [0.1, 0.15) is 0 Å². The first kappa shape index (κ1) is 9.89. The predicted molar refractivity (Wildman–Crippen MR) is 32.5 cm³/mol. The lowest BCUT2D eigenvalue weighted by atomic mass is 10.3. The summed E-state index contributed by atoms with van der Waals surface area (Å²) in [5, 5.41) is 0. The molecule has 8 nitrogen and oxygen atoms in total. The highest BCUT2D eigenvalue weighted by Crippen LogP contribution is 2.06. The maximum atomic E-state index is 10.5. The molecule has 0 saturated carbocycles. The van der Waals surface area contributed by atoms with Gasteiger partial charge in [0.05, 0.1) is 12.8 Å². The number of hydrogen-bond acceptors (Lipinski definition) is 8. The third kappa shape index (κ3) is 3.36. The van der Waals surface area contributed by atoms with Crippen LogP contribution in [-0.4, -0.2) is 20.4 Å². The highest BCUT2D eigenvalue weighted by Gasteiger charge is 2.24. The molecule has 0 bridgehead atoms. The predicted octanol–water partition coefficient (Wildman–Crippen LogP) is -1.03. The van der Waals surface area contributed by atoms with Crippen LogP contribution in [0, 0.1) is 0 Å². The molecule has 0 aromatic heterocycles. The van der Waals surface area contributed by atoms with E-state index < -0.39 is 22.3 Å². The summed E-state index contributed by atoms with van der Waals surface area (Å²) in [6.07, 6.45) is -0.699. The van der Waals surface area contributed by atoms with Crippen molar-refractivity contribution in [3.63, 3.8) is 0 Å². The highest BCUT2D eigenvalue weighted by molar-refractivity contribution is 7.81. The first-order valence-corrected chi connectivity index (χ1v) is 4.36. The van der Waals surface area contributed by atoms with E-state index in [1.54, 1.807) is 0 Å². The second-order valence-corrected chi connectivity index (χ2v) is 3.04. The molecule has 0 N–H and O–H groups in total. The van der Waals surface area contributed by atoms with E-state index in [9.17, 15) is 18.0 Å². The van der Waals surface area contributed by atoms with Gasteiger partial charge in [-0.25, -0.2) is 9.59 Å². The van der Waals surface area contributed by atoms with Crippen molar-refractivity contribution >= 4 is 22.3 Å². The van der Waals surface area contributed by atoms with Crippen molar-refractivity contribution in [2.45, 2.75) is 12.8 Å². The molecular weight excluding hydrogens is 208 g/mol. The first-order valence-electron chi connectivity index (χ1n) is 3.02. The zero-order valence-corrected chi connectivity index (χ0v) is 6.90. The van der Waals surface area contributed by atoms with Crippen molar-refractivity contribution in [3.05, 3.63) is 0 Å². The fraction of sp³-hybridized carbons (Fsp3) is 0.500. The fourth-order valence-electron chi connectivity index (χ4n) is 0.458. The molecule has 1 fully saturated rings. The van der Waals surface area contributed by atoms with Crippen molar-refractivity contribution in [2.75, 3.05) is 0 Å². The maximum Gasteiger partial charge on any atom is 0.471 e. The number of rotatable bonds is 0. The minimum atomic E-state index is -4.62. The standard InChI is InChI=1S/C4H4O8S/c5-3-1-2-4(6)10-12-13(7,8)11-9-3/h1-2H2. The zero-order chi connectivity index (χ0) is 9.90. The quantitative estimate of drug-likeness (QED) is 0.469. The Morgan fingerprint density at radius 1 is 0.923 bits per heavy atom. The molecule has 1 rings (SSSR count). The van der Waals surface area contributed by atoms with E-state index in [-0.39, 0.29) is 12.8 Å². The topological polar surface area (TPSA) is 105 Å². The molecule has 1 saturated heterocycles. The third-order valence-corrected chi connectivity index (χ3v) is 1.42. The summed E-state index contributed by atoms with van der Waals surface area (Å²) in [6, 6.07) is 0. The first-order chi connectivity index (χ1) is 5.99. The highest BCUT2D eigenvalue weighted by atomic mass is 32.3. The van der Waals surface area contributed by atoms with Crippen LogP contribution in [0.5, 0.6) is 0 Å². The smallest absolute Gasteiger partial charge is 0.280 e. The summed E-state index contributed by atoms with van der Waals surface area (Å²) in [5.74, 6) is -2.02. The van der Waals surface area contributed by atoms with Crippen LogP contribution in [0.15, 0.2) is 0 Å². The van der Waals surface area contributed by atoms with Crippen LogP contribution in [0.2, 0.25) is 0 Å². The second kappa shape index (κ2) is 3.68. The van der Waals surface area contributed by atoms with Gasteiger partial charge >= 0.3 is 22.3 Å². The Bertz CT molecular complexity index is 289. The monoisotopic (exact) mass is 212 g/mol. The molecule has 74 valence electrons. The largest absolute Gasteiger partial charge is 0.471 e. The van der Waals surface area contributed by atoms with Gasteiger partial charge in [-0.2, -0.15) is 8.42 Å². The normalized spacial score (nSPS) is 23.4. The lowest BCUT2D eigenvalue weighted by Gasteiger charge is -1.98. The Hall–Kier alpha value is -1.19. The van der Waals surface area contributed by atoms with Crippen LogP contribution in [0.4, 0.5) is 0 Å².